The molecule has 2 rings (SSSR count). The van der Waals surface area contributed by atoms with Crippen LogP contribution in [0, 0.1) is 26.7 Å². The highest BCUT2D eigenvalue weighted by molar-refractivity contribution is 5.99. The fraction of sp³-hybridized carbons (Fsp3) is 0.531. The Hall–Kier alpha value is -3.35. The lowest BCUT2D eigenvalue weighted by molar-refractivity contribution is -0.141. The minimum Gasteiger partial charge on any atom is -0.444 e. The summed E-state index contributed by atoms with van der Waals surface area (Å²) in [4.78, 5) is 42.8. The topological polar surface area (TPSA) is 87.7 Å². The molecule has 214 valence electrons. The van der Waals surface area contributed by atoms with Crippen molar-refractivity contribution in [3.05, 3.63) is 64.7 Å². The molecule has 0 aliphatic carbocycles. The number of aryl methyl sites for hydroxylation is 2. The molecule has 7 heteroatoms. The highest BCUT2D eigenvalue weighted by Gasteiger charge is 2.37. The third kappa shape index (κ3) is 9.41. The first-order valence-corrected chi connectivity index (χ1v) is 14.0. The van der Waals surface area contributed by atoms with Gasteiger partial charge in [0.2, 0.25) is 5.91 Å². The molecule has 7 nitrogen and oxygen atoms in total. The maximum Gasteiger partial charge on any atom is 0.408 e. The summed E-state index contributed by atoms with van der Waals surface area (Å²) in [5.74, 6) is -0.460. The van der Waals surface area contributed by atoms with E-state index >= 15 is 0 Å². The molecule has 0 aliphatic rings. The van der Waals surface area contributed by atoms with E-state index in [1.54, 1.807) is 25.7 Å². The summed E-state index contributed by atoms with van der Waals surface area (Å²) in [5, 5.41) is 5.88. The zero-order valence-electron chi connectivity index (χ0n) is 25.2. The van der Waals surface area contributed by atoms with E-state index in [-0.39, 0.29) is 17.7 Å². The number of hydrogen-bond acceptors (Lipinski definition) is 4. The number of benzene rings is 2. The lowest BCUT2D eigenvalue weighted by atomic mass is 9.94. The van der Waals surface area contributed by atoms with Crippen LogP contribution >= 0.6 is 0 Å². The number of unbranched alkanes of at least 4 members (excludes halogenated alkanes) is 1. The van der Waals surface area contributed by atoms with Gasteiger partial charge in [0.15, 0.2) is 0 Å². The van der Waals surface area contributed by atoms with Gasteiger partial charge in [-0.05, 0) is 88.6 Å². The molecule has 2 atom stereocenters. The van der Waals surface area contributed by atoms with Crippen LogP contribution in [0.15, 0.2) is 42.5 Å². The Balaban J connectivity index is 2.59. The Kier molecular flexibility index (Phi) is 11.6. The van der Waals surface area contributed by atoms with Crippen LogP contribution in [0.1, 0.15) is 89.1 Å². The van der Waals surface area contributed by atoms with Crippen LogP contribution in [-0.4, -0.2) is 41.0 Å². The van der Waals surface area contributed by atoms with Crippen molar-refractivity contribution < 1.29 is 19.1 Å². The van der Waals surface area contributed by atoms with Gasteiger partial charge in [0.05, 0.1) is 0 Å². The van der Waals surface area contributed by atoms with Crippen LogP contribution in [-0.2, 0) is 14.3 Å². The first-order chi connectivity index (χ1) is 18.2. The number of ether oxygens (including phenoxy) is 1. The second-order valence-corrected chi connectivity index (χ2v) is 11.7. The van der Waals surface area contributed by atoms with Crippen LogP contribution in [0.5, 0.6) is 0 Å². The van der Waals surface area contributed by atoms with Crippen LogP contribution in [0.2, 0.25) is 0 Å². The Morgan fingerprint density at radius 3 is 2.18 bits per heavy atom. The fourth-order valence-electron chi connectivity index (χ4n) is 4.47. The summed E-state index contributed by atoms with van der Waals surface area (Å²) in [6.45, 7) is 17.7. The van der Waals surface area contributed by atoms with Gasteiger partial charge in [-0.1, -0.05) is 63.6 Å². The van der Waals surface area contributed by atoms with Crippen LogP contribution in [0.3, 0.4) is 0 Å². The maximum atomic E-state index is 14.3. The second kappa shape index (κ2) is 14.2. The van der Waals surface area contributed by atoms with E-state index in [4.69, 9.17) is 4.74 Å². The predicted molar refractivity (Wildman–Crippen MR) is 158 cm³/mol. The van der Waals surface area contributed by atoms with Crippen molar-refractivity contribution in [2.24, 2.45) is 5.92 Å². The zero-order chi connectivity index (χ0) is 29.3. The van der Waals surface area contributed by atoms with Gasteiger partial charge < -0.3 is 20.3 Å². The molecule has 0 spiro atoms. The van der Waals surface area contributed by atoms with E-state index in [0.29, 0.717) is 25.1 Å². The van der Waals surface area contributed by atoms with E-state index in [1.165, 1.54) is 0 Å². The van der Waals surface area contributed by atoms with Gasteiger partial charge in [-0.2, -0.15) is 0 Å². The highest BCUT2D eigenvalue weighted by Crippen LogP contribution is 2.30. The number of anilines is 1. The quantitative estimate of drug-likeness (QED) is 0.328. The smallest absolute Gasteiger partial charge is 0.408 e. The number of carbonyl (C=O) groups is 3. The molecular weight excluding hydrogens is 490 g/mol. The molecule has 39 heavy (non-hydrogen) atoms. The van der Waals surface area contributed by atoms with Gasteiger partial charge in [0.25, 0.3) is 5.91 Å². The van der Waals surface area contributed by atoms with Crippen molar-refractivity contribution in [3.8, 4) is 0 Å². The van der Waals surface area contributed by atoms with Gasteiger partial charge in [-0.25, -0.2) is 4.79 Å². The molecule has 0 saturated heterocycles. The predicted octanol–water partition coefficient (Wildman–Crippen LogP) is 6.86. The summed E-state index contributed by atoms with van der Waals surface area (Å²) in [6, 6.07) is 11.7. The zero-order valence-corrected chi connectivity index (χ0v) is 25.2. The lowest BCUT2D eigenvalue weighted by Gasteiger charge is -2.36. The van der Waals surface area contributed by atoms with E-state index in [1.807, 2.05) is 84.0 Å². The van der Waals surface area contributed by atoms with Crippen LogP contribution in [0.25, 0.3) is 0 Å². The van der Waals surface area contributed by atoms with Crippen molar-refractivity contribution in [2.45, 2.75) is 99.3 Å². The molecule has 0 radical (unpaired) electrons. The number of alkyl carbamates (subject to hydrolysis) is 1. The van der Waals surface area contributed by atoms with Crippen molar-refractivity contribution in [2.75, 3.05) is 11.9 Å². The van der Waals surface area contributed by atoms with Gasteiger partial charge in [0, 0.05) is 12.2 Å². The number of carbonyl (C=O) groups excluding carboxylic acids is 3. The fourth-order valence-corrected chi connectivity index (χ4v) is 4.47. The first-order valence-electron chi connectivity index (χ1n) is 14.0. The van der Waals surface area contributed by atoms with Crippen molar-refractivity contribution in [3.63, 3.8) is 0 Å². The molecule has 0 heterocycles. The first kappa shape index (κ1) is 31.9. The van der Waals surface area contributed by atoms with Crippen LogP contribution in [0.4, 0.5) is 10.5 Å². The number of amides is 3. The second-order valence-electron chi connectivity index (χ2n) is 11.7. The van der Waals surface area contributed by atoms with Crippen molar-refractivity contribution >= 4 is 23.6 Å². The summed E-state index contributed by atoms with van der Waals surface area (Å²) in [5.41, 5.74) is 3.69. The average molecular weight is 538 g/mol. The summed E-state index contributed by atoms with van der Waals surface area (Å²) in [7, 11) is 0. The standard InChI is InChI=1S/C32H47N3O4/c1-10-11-19-35(30(37)27(20-21(2)3)34-31(38)39-32(7,8)9)28(25-17-14-16-22(4)24(25)6)29(36)33-26-18-13-12-15-23(26)5/h12-18,21,27-28H,10-11,19-20H2,1-9H3,(H,33,36)(H,34,38). The third-order valence-corrected chi connectivity index (χ3v) is 6.64. The third-order valence-electron chi connectivity index (χ3n) is 6.64. The molecule has 3 amide bonds. The molecule has 0 bridgehead atoms. The number of rotatable bonds is 11. The summed E-state index contributed by atoms with van der Waals surface area (Å²) < 4.78 is 5.48. The minimum absolute atomic E-state index is 0.127. The molecule has 2 aromatic rings. The molecule has 2 aromatic carbocycles. The van der Waals surface area contributed by atoms with E-state index in [0.717, 1.165) is 28.7 Å². The highest BCUT2D eigenvalue weighted by atomic mass is 16.6. The largest absolute Gasteiger partial charge is 0.444 e. The van der Waals surface area contributed by atoms with Gasteiger partial charge in [-0.15, -0.1) is 0 Å². The molecule has 0 saturated carbocycles. The van der Waals surface area contributed by atoms with E-state index in [2.05, 4.69) is 10.6 Å². The number of nitrogens with zero attached hydrogens (tertiary/aromatic N) is 1. The molecule has 0 fully saturated rings. The Morgan fingerprint density at radius 2 is 1.59 bits per heavy atom. The minimum atomic E-state index is -0.876. The van der Waals surface area contributed by atoms with Crippen LogP contribution < -0.4 is 10.6 Å². The van der Waals surface area contributed by atoms with E-state index < -0.39 is 23.8 Å². The monoisotopic (exact) mass is 537 g/mol. The molecular formula is C32H47N3O4. The van der Waals surface area contributed by atoms with Crippen molar-refractivity contribution in [1.29, 1.82) is 0 Å². The Labute approximate surface area is 234 Å². The van der Waals surface area contributed by atoms with Gasteiger partial charge in [-0.3, -0.25) is 9.59 Å². The Bertz CT molecular complexity index is 1140. The number of para-hydroxylation sites is 1. The lowest BCUT2D eigenvalue weighted by Crippen LogP contribution is -2.53. The van der Waals surface area contributed by atoms with E-state index in [9.17, 15) is 14.4 Å². The average Bonchev–Trinajstić information content (AvgIpc) is 2.83. The molecule has 0 aromatic heterocycles. The SMILES string of the molecule is CCCCN(C(=O)C(CC(C)C)NC(=O)OC(C)(C)C)C(C(=O)Nc1ccccc1C)c1cccc(C)c1C. The molecule has 2 N–H and O–H groups in total. The number of hydrogen-bond donors (Lipinski definition) is 2. The van der Waals surface area contributed by atoms with Crippen molar-refractivity contribution in [1.82, 2.24) is 10.2 Å². The maximum absolute atomic E-state index is 14.3. The summed E-state index contributed by atoms with van der Waals surface area (Å²) in [6.07, 6.45) is 1.33. The molecule has 0 aliphatic heterocycles. The van der Waals surface area contributed by atoms with Gasteiger partial charge >= 0.3 is 6.09 Å². The Morgan fingerprint density at radius 1 is 0.949 bits per heavy atom. The normalized spacial score (nSPS) is 13.0. The van der Waals surface area contributed by atoms with Gasteiger partial charge in [0.1, 0.15) is 17.7 Å². The molecule has 2 unspecified atom stereocenters. The summed E-state index contributed by atoms with van der Waals surface area (Å²) >= 11 is 0. The number of nitrogens with one attached hydrogen (secondary N) is 2.